The van der Waals surface area contributed by atoms with Gasteiger partial charge in [0.1, 0.15) is 12.4 Å². The molecule has 3 N–H and O–H groups in total. The number of H-pyrrole nitrogens is 1. The molecule has 0 radical (unpaired) electrons. The average Bonchev–Trinajstić information content (AvgIpc) is 3.27. The summed E-state index contributed by atoms with van der Waals surface area (Å²) in [5.41, 5.74) is 5.63. The van der Waals surface area contributed by atoms with Gasteiger partial charge < -0.3 is 15.2 Å². The molecule has 1 aromatic heterocycles. The maximum absolute atomic E-state index is 14.9. The highest BCUT2D eigenvalue weighted by Crippen LogP contribution is 2.37. The van der Waals surface area contributed by atoms with Crippen LogP contribution in [0.4, 0.5) is 4.39 Å². The number of aromatic hydroxyl groups is 1. The van der Waals surface area contributed by atoms with E-state index < -0.39 is 5.82 Å². The number of aromatic amines is 1. The SMILES string of the molecule is CC/C(=C(\c1ccc(O)cc1)c1ccc(OCCNC)c(F)c1)c1ccc2[nH]ncc2c1. The average molecular weight is 432 g/mol. The van der Waals surface area contributed by atoms with Gasteiger partial charge in [0, 0.05) is 11.9 Å². The number of rotatable bonds is 8. The number of aromatic nitrogens is 2. The van der Waals surface area contributed by atoms with Crippen molar-refractivity contribution < 1.29 is 14.2 Å². The first kappa shape index (κ1) is 21.6. The first-order valence-electron chi connectivity index (χ1n) is 10.6. The van der Waals surface area contributed by atoms with Gasteiger partial charge in [-0.3, -0.25) is 5.10 Å². The van der Waals surface area contributed by atoms with Crippen LogP contribution < -0.4 is 10.1 Å². The highest BCUT2D eigenvalue weighted by Gasteiger charge is 2.16. The predicted octanol–water partition coefficient (Wildman–Crippen LogP) is 5.37. The highest BCUT2D eigenvalue weighted by molar-refractivity contribution is 6.00. The third-order valence-corrected chi connectivity index (χ3v) is 5.43. The van der Waals surface area contributed by atoms with E-state index in [2.05, 4.69) is 28.5 Å². The first-order chi connectivity index (χ1) is 15.6. The van der Waals surface area contributed by atoms with Gasteiger partial charge in [-0.1, -0.05) is 31.2 Å². The molecule has 6 heteroatoms. The van der Waals surface area contributed by atoms with Crippen LogP contribution in [-0.4, -0.2) is 35.5 Å². The molecule has 4 aromatic rings. The number of phenolic OH excluding ortho intramolecular Hbond substituents is 1. The lowest BCUT2D eigenvalue weighted by molar-refractivity contribution is 0.302. The number of ether oxygens (including phenoxy) is 1. The van der Waals surface area contributed by atoms with Gasteiger partial charge in [0.15, 0.2) is 11.6 Å². The van der Waals surface area contributed by atoms with Crippen molar-refractivity contribution in [1.82, 2.24) is 15.5 Å². The van der Waals surface area contributed by atoms with Gasteiger partial charge in [-0.2, -0.15) is 5.10 Å². The second kappa shape index (κ2) is 9.66. The van der Waals surface area contributed by atoms with Crippen LogP contribution in [-0.2, 0) is 0 Å². The minimum atomic E-state index is -0.407. The molecule has 0 unspecified atom stereocenters. The Bertz CT molecular complexity index is 1250. The molecule has 0 aliphatic rings. The third-order valence-electron chi connectivity index (χ3n) is 5.43. The fraction of sp³-hybridized carbons (Fsp3) is 0.192. The van der Waals surface area contributed by atoms with Gasteiger partial charge in [-0.05, 0) is 77.7 Å². The second-order valence-corrected chi connectivity index (χ2v) is 7.52. The highest BCUT2D eigenvalue weighted by atomic mass is 19.1. The molecule has 0 saturated heterocycles. The molecule has 5 nitrogen and oxygen atoms in total. The minimum absolute atomic E-state index is 0.186. The lowest BCUT2D eigenvalue weighted by atomic mass is 9.88. The number of halogens is 1. The third kappa shape index (κ3) is 4.50. The topological polar surface area (TPSA) is 70.2 Å². The Morgan fingerprint density at radius 1 is 1.03 bits per heavy atom. The largest absolute Gasteiger partial charge is 0.508 e. The van der Waals surface area contributed by atoms with Gasteiger partial charge in [-0.15, -0.1) is 0 Å². The summed E-state index contributed by atoms with van der Waals surface area (Å²) in [5.74, 6) is 0.00738. The van der Waals surface area contributed by atoms with Crippen molar-refractivity contribution in [3.8, 4) is 11.5 Å². The van der Waals surface area contributed by atoms with Crippen LogP contribution in [0, 0.1) is 5.82 Å². The van der Waals surface area contributed by atoms with Crippen LogP contribution >= 0.6 is 0 Å². The number of nitrogens with one attached hydrogen (secondary N) is 2. The van der Waals surface area contributed by atoms with Gasteiger partial charge in [0.05, 0.1) is 11.7 Å². The first-order valence-corrected chi connectivity index (χ1v) is 10.6. The Morgan fingerprint density at radius 3 is 2.50 bits per heavy atom. The standard InChI is InChI=1S/C26H26FN3O2/c1-3-22(18-6-10-24-20(14-18)16-29-30-24)26(17-4-8-21(31)9-5-17)19-7-11-25(23(27)15-19)32-13-12-28-2/h4-11,14-16,28,31H,3,12-13H2,1-2H3,(H,29,30)/b26-22-. The number of likely N-dealkylation sites (N-methyl/N-ethyl adjacent to an activating group) is 1. The molecule has 0 amide bonds. The molecule has 4 rings (SSSR count). The number of allylic oxidation sites excluding steroid dienone is 1. The fourth-order valence-electron chi connectivity index (χ4n) is 3.84. The van der Waals surface area contributed by atoms with E-state index in [1.165, 1.54) is 6.07 Å². The summed E-state index contributed by atoms with van der Waals surface area (Å²) in [7, 11) is 1.82. The van der Waals surface area contributed by atoms with E-state index in [1.54, 1.807) is 24.4 Å². The Labute approximate surface area is 186 Å². The van der Waals surface area contributed by atoms with Crippen LogP contribution in [0.15, 0.2) is 66.9 Å². The molecule has 0 fully saturated rings. The second-order valence-electron chi connectivity index (χ2n) is 7.52. The number of benzene rings is 3. The number of fused-ring (bicyclic) bond motifs is 1. The summed E-state index contributed by atoms with van der Waals surface area (Å²) >= 11 is 0. The van der Waals surface area contributed by atoms with Crippen LogP contribution in [0.25, 0.3) is 22.0 Å². The number of hydrogen-bond donors (Lipinski definition) is 3. The molecule has 0 aliphatic carbocycles. The van der Waals surface area contributed by atoms with Gasteiger partial charge in [0.2, 0.25) is 0 Å². The van der Waals surface area contributed by atoms with Gasteiger partial charge in [0.25, 0.3) is 0 Å². The Morgan fingerprint density at radius 2 is 1.78 bits per heavy atom. The zero-order valence-electron chi connectivity index (χ0n) is 18.2. The van der Waals surface area contributed by atoms with Crippen molar-refractivity contribution in [2.24, 2.45) is 0 Å². The summed E-state index contributed by atoms with van der Waals surface area (Å²) in [4.78, 5) is 0. The summed E-state index contributed by atoms with van der Waals surface area (Å²) in [6.07, 6.45) is 2.53. The van der Waals surface area contributed by atoms with Gasteiger partial charge in [-0.25, -0.2) is 4.39 Å². The summed E-state index contributed by atoms with van der Waals surface area (Å²) in [5, 5.41) is 20.9. The smallest absolute Gasteiger partial charge is 0.165 e. The maximum atomic E-state index is 14.9. The molecule has 1 heterocycles. The van der Waals surface area contributed by atoms with Crippen LogP contribution in [0.3, 0.4) is 0 Å². The van der Waals surface area contributed by atoms with Crippen molar-refractivity contribution in [2.45, 2.75) is 13.3 Å². The molecule has 0 saturated carbocycles. The lowest BCUT2D eigenvalue weighted by Gasteiger charge is -2.17. The quantitative estimate of drug-likeness (QED) is 0.259. The molecular formula is C26H26FN3O2. The van der Waals surface area contributed by atoms with E-state index in [1.807, 2.05) is 37.4 Å². The molecule has 164 valence electrons. The lowest BCUT2D eigenvalue weighted by Crippen LogP contribution is -2.16. The Kier molecular flexibility index (Phi) is 6.52. The molecule has 0 spiro atoms. The van der Waals surface area contributed by atoms with E-state index in [0.29, 0.717) is 13.2 Å². The molecule has 32 heavy (non-hydrogen) atoms. The Balaban J connectivity index is 1.86. The van der Waals surface area contributed by atoms with Crippen LogP contribution in [0.5, 0.6) is 11.5 Å². The zero-order chi connectivity index (χ0) is 22.5. The minimum Gasteiger partial charge on any atom is -0.508 e. The van der Waals surface area contributed by atoms with Crippen molar-refractivity contribution in [3.05, 3.63) is 89.4 Å². The van der Waals surface area contributed by atoms with Crippen LogP contribution in [0.1, 0.15) is 30.0 Å². The number of phenols is 1. The van der Waals surface area contributed by atoms with Crippen molar-refractivity contribution in [1.29, 1.82) is 0 Å². The fourth-order valence-corrected chi connectivity index (χ4v) is 3.84. The van der Waals surface area contributed by atoms with Crippen molar-refractivity contribution in [2.75, 3.05) is 20.2 Å². The Hall–Kier alpha value is -3.64. The van der Waals surface area contributed by atoms with E-state index in [4.69, 9.17) is 4.74 Å². The molecule has 0 atom stereocenters. The zero-order valence-corrected chi connectivity index (χ0v) is 18.2. The molecule has 0 bridgehead atoms. The molecule has 0 aliphatic heterocycles. The predicted molar refractivity (Wildman–Crippen MR) is 126 cm³/mol. The number of hydrogen-bond acceptors (Lipinski definition) is 4. The number of nitrogens with zero attached hydrogens (tertiary/aromatic N) is 1. The van der Waals surface area contributed by atoms with Gasteiger partial charge >= 0.3 is 0 Å². The molecule has 3 aromatic carbocycles. The monoisotopic (exact) mass is 431 g/mol. The normalized spacial score (nSPS) is 12.1. The summed E-state index contributed by atoms with van der Waals surface area (Å²) in [6.45, 7) is 3.11. The molecular weight excluding hydrogens is 405 g/mol. The van der Waals surface area contributed by atoms with E-state index in [-0.39, 0.29) is 11.5 Å². The van der Waals surface area contributed by atoms with E-state index >= 15 is 0 Å². The van der Waals surface area contributed by atoms with Crippen LogP contribution in [0.2, 0.25) is 0 Å². The maximum Gasteiger partial charge on any atom is 0.165 e. The van der Waals surface area contributed by atoms with E-state index in [9.17, 15) is 9.50 Å². The van der Waals surface area contributed by atoms with E-state index in [0.717, 1.165) is 45.2 Å². The summed E-state index contributed by atoms with van der Waals surface area (Å²) < 4.78 is 20.5. The summed E-state index contributed by atoms with van der Waals surface area (Å²) in [6, 6.07) is 18.2. The van der Waals surface area contributed by atoms with Crippen molar-refractivity contribution in [3.63, 3.8) is 0 Å². The van der Waals surface area contributed by atoms with Crippen molar-refractivity contribution >= 4 is 22.0 Å².